The van der Waals surface area contributed by atoms with Crippen LogP contribution < -0.4 is 10.2 Å². The second kappa shape index (κ2) is 6.76. The SMILES string of the molecule is CC1CCN(c2ncc(NC(=O)c3nc4ccccc4s3)cn2)CC1. The molecule has 3 aromatic rings. The molecule has 2 aromatic heterocycles. The van der Waals surface area contributed by atoms with Crippen LogP contribution in [-0.2, 0) is 0 Å². The summed E-state index contributed by atoms with van der Waals surface area (Å²) in [7, 11) is 0. The lowest BCUT2D eigenvalue weighted by Gasteiger charge is -2.30. The van der Waals surface area contributed by atoms with Crippen LogP contribution in [0.3, 0.4) is 0 Å². The second-order valence-electron chi connectivity index (χ2n) is 6.38. The van der Waals surface area contributed by atoms with Crippen molar-refractivity contribution >= 4 is 39.1 Å². The highest BCUT2D eigenvalue weighted by Crippen LogP contribution is 2.23. The standard InChI is InChI=1S/C18H19N5OS/c1-12-6-8-23(9-7-12)18-19-10-13(11-20-18)21-16(24)17-22-14-4-2-3-5-15(14)25-17/h2-5,10-12H,6-9H2,1H3,(H,21,24). The van der Waals surface area contributed by atoms with Crippen molar-refractivity contribution in [3.8, 4) is 0 Å². The van der Waals surface area contributed by atoms with Crippen LogP contribution in [0, 0.1) is 5.92 Å². The lowest BCUT2D eigenvalue weighted by Crippen LogP contribution is -2.34. The van der Waals surface area contributed by atoms with Crippen LogP contribution in [0.15, 0.2) is 36.7 Å². The van der Waals surface area contributed by atoms with E-state index in [1.54, 1.807) is 12.4 Å². The fraction of sp³-hybridized carbons (Fsp3) is 0.333. The fourth-order valence-corrected chi connectivity index (χ4v) is 3.77. The molecule has 0 unspecified atom stereocenters. The Morgan fingerprint density at radius 3 is 2.64 bits per heavy atom. The van der Waals surface area contributed by atoms with Gasteiger partial charge in [0.15, 0.2) is 5.01 Å². The maximum absolute atomic E-state index is 12.4. The van der Waals surface area contributed by atoms with Crippen LogP contribution in [0.2, 0.25) is 0 Å². The Bertz CT molecular complexity index is 851. The molecule has 3 heterocycles. The van der Waals surface area contributed by atoms with Crippen molar-refractivity contribution in [1.82, 2.24) is 15.0 Å². The number of aromatic nitrogens is 3. The highest BCUT2D eigenvalue weighted by atomic mass is 32.1. The number of hydrogen-bond donors (Lipinski definition) is 1. The molecule has 1 fully saturated rings. The van der Waals surface area contributed by atoms with E-state index < -0.39 is 0 Å². The molecule has 0 aliphatic carbocycles. The molecule has 1 amide bonds. The molecule has 1 saturated heterocycles. The highest BCUT2D eigenvalue weighted by molar-refractivity contribution is 7.20. The Hall–Kier alpha value is -2.54. The Morgan fingerprint density at radius 2 is 1.92 bits per heavy atom. The molecule has 1 N–H and O–H groups in total. The van der Waals surface area contributed by atoms with E-state index in [0.717, 1.165) is 35.2 Å². The maximum Gasteiger partial charge on any atom is 0.284 e. The summed E-state index contributed by atoms with van der Waals surface area (Å²) in [5.74, 6) is 1.26. The number of nitrogens with zero attached hydrogens (tertiary/aromatic N) is 4. The number of nitrogens with one attached hydrogen (secondary N) is 1. The summed E-state index contributed by atoms with van der Waals surface area (Å²) in [5, 5.41) is 3.26. The number of thiazole rings is 1. The molecule has 0 atom stereocenters. The summed E-state index contributed by atoms with van der Waals surface area (Å²) in [6, 6.07) is 7.72. The summed E-state index contributed by atoms with van der Waals surface area (Å²) in [6.07, 6.45) is 5.65. The van der Waals surface area contributed by atoms with Crippen molar-refractivity contribution in [3.05, 3.63) is 41.7 Å². The van der Waals surface area contributed by atoms with Crippen LogP contribution in [0.25, 0.3) is 10.2 Å². The third-order valence-corrected chi connectivity index (χ3v) is 5.49. The first kappa shape index (κ1) is 16.0. The number of carbonyl (C=O) groups is 1. The van der Waals surface area contributed by atoms with Crippen molar-refractivity contribution in [2.24, 2.45) is 5.92 Å². The van der Waals surface area contributed by atoms with E-state index in [0.29, 0.717) is 10.7 Å². The van der Waals surface area contributed by atoms with Gasteiger partial charge in [0.2, 0.25) is 5.95 Å². The molecule has 4 rings (SSSR count). The van der Waals surface area contributed by atoms with Gasteiger partial charge >= 0.3 is 0 Å². The van der Waals surface area contributed by atoms with Crippen LogP contribution in [0.4, 0.5) is 11.6 Å². The van der Waals surface area contributed by atoms with Crippen molar-refractivity contribution < 1.29 is 4.79 Å². The first-order valence-corrected chi connectivity index (χ1v) is 9.24. The van der Waals surface area contributed by atoms with Gasteiger partial charge in [0.25, 0.3) is 5.91 Å². The minimum absolute atomic E-state index is 0.232. The highest BCUT2D eigenvalue weighted by Gasteiger charge is 2.18. The van der Waals surface area contributed by atoms with E-state index in [9.17, 15) is 4.79 Å². The predicted molar refractivity (Wildman–Crippen MR) is 100 cm³/mol. The third kappa shape index (κ3) is 3.46. The van der Waals surface area contributed by atoms with Crippen molar-refractivity contribution in [2.45, 2.75) is 19.8 Å². The van der Waals surface area contributed by atoms with Gasteiger partial charge < -0.3 is 10.2 Å². The molecule has 0 spiro atoms. The smallest absolute Gasteiger partial charge is 0.284 e. The van der Waals surface area contributed by atoms with Gasteiger partial charge in [-0.25, -0.2) is 15.0 Å². The van der Waals surface area contributed by atoms with Crippen LogP contribution in [0.1, 0.15) is 29.6 Å². The molecular weight excluding hydrogens is 334 g/mol. The number of hydrogen-bond acceptors (Lipinski definition) is 6. The summed E-state index contributed by atoms with van der Waals surface area (Å²) in [6.45, 7) is 4.25. The first-order valence-electron chi connectivity index (χ1n) is 8.43. The summed E-state index contributed by atoms with van der Waals surface area (Å²) < 4.78 is 0.999. The minimum atomic E-state index is -0.232. The third-order valence-electron chi connectivity index (χ3n) is 4.45. The average Bonchev–Trinajstić information content (AvgIpc) is 3.07. The lowest BCUT2D eigenvalue weighted by atomic mass is 10.00. The normalized spacial score (nSPS) is 15.5. The van der Waals surface area contributed by atoms with Gasteiger partial charge in [0.05, 0.1) is 28.3 Å². The van der Waals surface area contributed by atoms with Gasteiger partial charge in [-0.3, -0.25) is 4.79 Å². The number of piperidine rings is 1. The number of amides is 1. The average molecular weight is 353 g/mol. The Morgan fingerprint density at radius 1 is 1.20 bits per heavy atom. The van der Waals surface area contributed by atoms with Gasteiger partial charge in [-0.1, -0.05) is 19.1 Å². The van der Waals surface area contributed by atoms with Gasteiger partial charge in [-0.15, -0.1) is 11.3 Å². The molecular formula is C18H19N5OS. The van der Waals surface area contributed by atoms with Crippen LogP contribution >= 0.6 is 11.3 Å². The zero-order valence-corrected chi connectivity index (χ0v) is 14.8. The molecule has 0 bridgehead atoms. The number of carbonyl (C=O) groups excluding carboxylic acids is 1. The van der Waals surface area contributed by atoms with Gasteiger partial charge in [-0.2, -0.15) is 0 Å². The summed E-state index contributed by atoms with van der Waals surface area (Å²) in [4.78, 5) is 27.7. The zero-order valence-electron chi connectivity index (χ0n) is 14.0. The summed E-state index contributed by atoms with van der Waals surface area (Å²) in [5.41, 5.74) is 1.42. The predicted octanol–water partition coefficient (Wildman–Crippen LogP) is 3.57. The molecule has 1 aromatic carbocycles. The quantitative estimate of drug-likeness (QED) is 0.779. The van der Waals surface area contributed by atoms with Crippen molar-refractivity contribution in [2.75, 3.05) is 23.3 Å². The molecule has 1 aliphatic rings. The topological polar surface area (TPSA) is 71.0 Å². The van der Waals surface area contributed by atoms with E-state index in [1.807, 2.05) is 24.3 Å². The van der Waals surface area contributed by atoms with E-state index in [2.05, 4.69) is 32.1 Å². The lowest BCUT2D eigenvalue weighted by molar-refractivity contribution is 0.102. The monoisotopic (exact) mass is 353 g/mol. The van der Waals surface area contributed by atoms with Crippen molar-refractivity contribution in [1.29, 1.82) is 0 Å². The van der Waals surface area contributed by atoms with E-state index in [-0.39, 0.29) is 5.91 Å². The molecule has 0 radical (unpaired) electrons. The van der Waals surface area contributed by atoms with Crippen molar-refractivity contribution in [3.63, 3.8) is 0 Å². The summed E-state index contributed by atoms with van der Waals surface area (Å²) >= 11 is 1.38. The van der Waals surface area contributed by atoms with E-state index >= 15 is 0 Å². The second-order valence-corrected chi connectivity index (χ2v) is 7.41. The molecule has 1 aliphatic heterocycles. The van der Waals surface area contributed by atoms with E-state index in [1.165, 1.54) is 24.2 Å². The van der Waals surface area contributed by atoms with E-state index in [4.69, 9.17) is 0 Å². The van der Waals surface area contributed by atoms with Crippen LogP contribution in [0.5, 0.6) is 0 Å². The number of para-hydroxylation sites is 1. The number of anilines is 2. The van der Waals surface area contributed by atoms with Crippen LogP contribution in [-0.4, -0.2) is 33.9 Å². The molecule has 7 heteroatoms. The molecule has 6 nitrogen and oxygen atoms in total. The number of fused-ring (bicyclic) bond motifs is 1. The van der Waals surface area contributed by atoms with Gasteiger partial charge in [0.1, 0.15) is 0 Å². The zero-order chi connectivity index (χ0) is 17.2. The van der Waals surface area contributed by atoms with Gasteiger partial charge in [-0.05, 0) is 30.9 Å². The largest absolute Gasteiger partial charge is 0.341 e. The minimum Gasteiger partial charge on any atom is -0.341 e. The Balaban J connectivity index is 1.44. The Kier molecular flexibility index (Phi) is 4.31. The molecule has 25 heavy (non-hydrogen) atoms. The number of benzene rings is 1. The number of rotatable bonds is 3. The first-order chi connectivity index (χ1) is 12.2. The Labute approximate surface area is 149 Å². The molecule has 128 valence electrons. The fourth-order valence-electron chi connectivity index (χ4n) is 2.91. The van der Waals surface area contributed by atoms with Gasteiger partial charge in [0, 0.05) is 13.1 Å². The molecule has 0 saturated carbocycles. The maximum atomic E-state index is 12.4.